The summed E-state index contributed by atoms with van der Waals surface area (Å²) in [5.41, 5.74) is 6.37. The molecule has 0 radical (unpaired) electrons. The van der Waals surface area contributed by atoms with E-state index < -0.39 is 0 Å². The quantitative estimate of drug-likeness (QED) is 0.850. The van der Waals surface area contributed by atoms with E-state index in [2.05, 4.69) is 10.1 Å². The molecule has 1 aromatic heterocycles. The van der Waals surface area contributed by atoms with Crippen LogP contribution in [0.2, 0.25) is 0 Å². The van der Waals surface area contributed by atoms with Gasteiger partial charge in [-0.2, -0.15) is 4.98 Å². The van der Waals surface area contributed by atoms with Crippen LogP contribution in [0.25, 0.3) is 0 Å². The summed E-state index contributed by atoms with van der Waals surface area (Å²) in [6, 6.07) is -0.0347. The highest BCUT2D eigenvalue weighted by atomic mass is 16.5. The van der Waals surface area contributed by atoms with Crippen LogP contribution in [0, 0.1) is 29.6 Å². The molecule has 4 bridgehead atoms. The van der Waals surface area contributed by atoms with E-state index in [-0.39, 0.29) is 6.04 Å². The van der Waals surface area contributed by atoms with Crippen molar-refractivity contribution in [1.29, 1.82) is 0 Å². The van der Waals surface area contributed by atoms with Crippen molar-refractivity contribution in [2.45, 2.75) is 38.1 Å². The highest BCUT2D eigenvalue weighted by Gasteiger charge is 2.50. The lowest BCUT2D eigenvalue weighted by atomic mass is 9.50. The van der Waals surface area contributed by atoms with Crippen LogP contribution in [0.4, 0.5) is 0 Å². The molecule has 4 saturated carbocycles. The maximum absolute atomic E-state index is 6.37. The standard InChI is InChI=1S/C13H19N3O/c14-12(13-15-6-16-17-13)11-9-2-7-1-8(4-9)5-10(11)3-7/h6-12H,1-5,14H2. The lowest BCUT2D eigenvalue weighted by Gasteiger charge is -2.55. The number of nitrogens with two attached hydrogens (primary N) is 1. The van der Waals surface area contributed by atoms with Gasteiger partial charge in [0.05, 0.1) is 6.04 Å². The van der Waals surface area contributed by atoms with Crippen molar-refractivity contribution >= 4 is 0 Å². The zero-order valence-electron chi connectivity index (χ0n) is 9.96. The van der Waals surface area contributed by atoms with Gasteiger partial charge >= 0.3 is 0 Å². The fourth-order valence-corrected chi connectivity index (χ4v) is 5.05. The van der Waals surface area contributed by atoms with Gasteiger partial charge in [0.2, 0.25) is 5.89 Å². The zero-order valence-corrected chi connectivity index (χ0v) is 9.96. The Morgan fingerprint density at radius 2 is 1.76 bits per heavy atom. The van der Waals surface area contributed by atoms with Crippen LogP contribution in [0.5, 0.6) is 0 Å². The van der Waals surface area contributed by atoms with Crippen molar-refractivity contribution in [3.8, 4) is 0 Å². The van der Waals surface area contributed by atoms with Gasteiger partial charge in [-0.05, 0) is 61.7 Å². The Kier molecular flexibility index (Phi) is 2.10. The molecule has 1 atom stereocenters. The first-order valence-corrected chi connectivity index (χ1v) is 6.83. The SMILES string of the molecule is NC(c1ncno1)C1C2CC3CC(C2)CC1C3. The highest BCUT2D eigenvalue weighted by Crippen LogP contribution is 2.58. The largest absolute Gasteiger partial charge is 0.338 e. The number of hydrogen-bond donors (Lipinski definition) is 1. The average molecular weight is 233 g/mol. The molecule has 4 heteroatoms. The van der Waals surface area contributed by atoms with Crippen LogP contribution in [0.1, 0.15) is 44.0 Å². The summed E-state index contributed by atoms with van der Waals surface area (Å²) < 4.78 is 5.17. The van der Waals surface area contributed by atoms with Gasteiger partial charge in [0, 0.05) is 0 Å². The molecule has 4 nitrogen and oxygen atoms in total. The molecule has 0 amide bonds. The molecule has 4 aliphatic carbocycles. The Bertz CT molecular complexity index is 375. The molecule has 0 saturated heterocycles. The van der Waals surface area contributed by atoms with Crippen LogP contribution >= 0.6 is 0 Å². The molecule has 92 valence electrons. The van der Waals surface area contributed by atoms with Crippen molar-refractivity contribution in [2.75, 3.05) is 0 Å². The molecule has 0 aromatic carbocycles. The summed E-state index contributed by atoms with van der Waals surface area (Å²) in [7, 11) is 0. The number of rotatable bonds is 2. The molecule has 1 aromatic rings. The summed E-state index contributed by atoms with van der Waals surface area (Å²) in [5.74, 6) is 4.83. The van der Waals surface area contributed by atoms with E-state index in [0.717, 1.165) is 23.7 Å². The van der Waals surface area contributed by atoms with Gasteiger partial charge in [0.25, 0.3) is 0 Å². The zero-order chi connectivity index (χ0) is 11.4. The van der Waals surface area contributed by atoms with Gasteiger partial charge in [-0.15, -0.1) is 0 Å². The van der Waals surface area contributed by atoms with E-state index >= 15 is 0 Å². The van der Waals surface area contributed by atoms with Crippen molar-refractivity contribution < 1.29 is 4.52 Å². The summed E-state index contributed by atoms with van der Waals surface area (Å²) in [6.45, 7) is 0. The molecule has 1 unspecified atom stereocenters. The molecular weight excluding hydrogens is 214 g/mol. The third kappa shape index (κ3) is 1.46. The van der Waals surface area contributed by atoms with Crippen LogP contribution in [-0.2, 0) is 0 Å². The van der Waals surface area contributed by atoms with E-state index in [4.69, 9.17) is 10.3 Å². The summed E-state index contributed by atoms with van der Waals surface area (Å²) in [5, 5.41) is 3.69. The number of nitrogens with zero attached hydrogens (tertiary/aromatic N) is 2. The van der Waals surface area contributed by atoms with Crippen molar-refractivity contribution in [1.82, 2.24) is 10.1 Å². The van der Waals surface area contributed by atoms with Crippen LogP contribution in [0.3, 0.4) is 0 Å². The fraction of sp³-hybridized carbons (Fsp3) is 0.846. The Hall–Kier alpha value is -0.900. The molecule has 2 N–H and O–H groups in total. The molecule has 4 aliphatic rings. The normalized spacial score (nSPS) is 45.1. The van der Waals surface area contributed by atoms with Gasteiger partial charge in [-0.3, -0.25) is 0 Å². The second-order valence-electron chi connectivity index (χ2n) is 6.31. The molecule has 17 heavy (non-hydrogen) atoms. The number of hydrogen-bond acceptors (Lipinski definition) is 4. The molecule has 1 heterocycles. The topological polar surface area (TPSA) is 64.9 Å². The number of aromatic nitrogens is 2. The Balaban J connectivity index is 1.62. The molecule has 0 aliphatic heterocycles. The first-order valence-electron chi connectivity index (χ1n) is 6.83. The Morgan fingerprint density at radius 1 is 1.12 bits per heavy atom. The molecule has 4 fully saturated rings. The fourth-order valence-electron chi connectivity index (χ4n) is 5.05. The molecule has 0 spiro atoms. The first-order chi connectivity index (χ1) is 8.31. The van der Waals surface area contributed by atoms with Crippen LogP contribution < -0.4 is 5.73 Å². The maximum Gasteiger partial charge on any atom is 0.243 e. The third-order valence-electron chi connectivity index (χ3n) is 5.38. The summed E-state index contributed by atoms with van der Waals surface area (Å²) in [6.07, 6.45) is 8.50. The smallest absolute Gasteiger partial charge is 0.243 e. The predicted octanol–water partition coefficient (Wildman–Crippen LogP) is 2.14. The van der Waals surface area contributed by atoms with E-state index in [1.807, 2.05) is 0 Å². The van der Waals surface area contributed by atoms with Crippen molar-refractivity contribution in [3.05, 3.63) is 12.2 Å². The predicted molar refractivity (Wildman–Crippen MR) is 61.8 cm³/mol. The lowest BCUT2D eigenvalue weighted by Crippen LogP contribution is -2.48. The van der Waals surface area contributed by atoms with E-state index in [0.29, 0.717) is 11.8 Å². The highest BCUT2D eigenvalue weighted by molar-refractivity contribution is 5.04. The lowest BCUT2D eigenvalue weighted by molar-refractivity contribution is -0.0508. The van der Waals surface area contributed by atoms with Gasteiger partial charge in [0.15, 0.2) is 6.33 Å². The second kappa shape index (κ2) is 3.55. The van der Waals surface area contributed by atoms with E-state index in [1.165, 1.54) is 38.4 Å². The Morgan fingerprint density at radius 3 is 2.29 bits per heavy atom. The minimum absolute atomic E-state index is 0.0347. The third-order valence-corrected chi connectivity index (χ3v) is 5.38. The van der Waals surface area contributed by atoms with Gasteiger partial charge in [0.1, 0.15) is 0 Å². The van der Waals surface area contributed by atoms with Crippen LogP contribution in [0.15, 0.2) is 10.9 Å². The second-order valence-corrected chi connectivity index (χ2v) is 6.31. The molecule has 5 rings (SSSR count). The minimum atomic E-state index is -0.0347. The minimum Gasteiger partial charge on any atom is -0.338 e. The molecular formula is C13H19N3O. The first kappa shape index (κ1) is 10.1. The van der Waals surface area contributed by atoms with E-state index in [1.54, 1.807) is 0 Å². The maximum atomic E-state index is 6.37. The average Bonchev–Trinajstić information content (AvgIpc) is 2.80. The van der Waals surface area contributed by atoms with Crippen molar-refractivity contribution in [2.24, 2.45) is 35.3 Å². The summed E-state index contributed by atoms with van der Waals surface area (Å²) in [4.78, 5) is 4.15. The van der Waals surface area contributed by atoms with Crippen molar-refractivity contribution in [3.63, 3.8) is 0 Å². The Labute approximate surface area is 101 Å². The van der Waals surface area contributed by atoms with Gasteiger partial charge < -0.3 is 10.3 Å². The monoisotopic (exact) mass is 233 g/mol. The van der Waals surface area contributed by atoms with Crippen LogP contribution in [-0.4, -0.2) is 10.1 Å². The summed E-state index contributed by atoms with van der Waals surface area (Å²) >= 11 is 0. The van der Waals surface area contributed by atoms with E-state index in [9.17, 15) is 0 Å². The van der Waals surface area contributed by atoms with Gasteiger partial charge in [-0.25, -0.2) is 0 Å². The van der Waals surface area contributed by atoms with Gasteiger partial charge in [-0.1, -0.05) is 5.16 Å².